The number of fused-ring (bicyclic) bond motifs is 4. The summed E-state index contributed by atoms with van der Waals surface area (Å²) >= 11 is 0. The molecule has 0 spiro atoms. The monoisotopic (exact) mass is 1140 g/mol. The normalized spacial score (nSPS) is 16.3. The predicted octanol–water partition coefficient (Wildman–Crippen LogP) is 16.9. The maximum absolute atomic E-state index is 10.1. The zero-order valence-corrected chi connectivity index (χ0v) is 49.4. The van der Waals surface area contributed by atoms with Crippen LogP contribution in [-0.2, 0) is 16.2 Å². The number of ether oxygens (including phenoxy) is 1. The van der Waals surface area contributed by atoms with Crippen LogP contribution in [0.5, 0.6) is 11.5 Å². The molecule has 0 bridgehead atoms. The molecule has 0 radical (unpaired) electrons. The van der Waals surface area contributed by atoms with Gasteiger partial charge < -0.3 is 4.74 Å². The van der Waals surface area contributed by atoms with Crippen molar-refractivity contribution in [2.75, 3.05) is 0 Å². The van der Waals surface area contributed by atoms with Gasteiger partial charge in [0.15, 0.2) is 8.07 Å². The van der Waals surface area contributed by atoms with Gasteiger partial charge in [-0.25, -0.2) is 4.98 Å². The Bertz CT molecular complexity index is 5700. The van der Waals surface area contributed by atoms with Crippen LogP contribution >= 0.6 is 0 Å². The molecule has 0 amide bonds. The van der Waals surface area contributed by atoms with E-state index in [-0.39, 0.29) is 44.5 Å². The number of rotatable bonds is 11. The third-order valence-corrected chi connectivity index (χ3v) is 19.8. The average Bonchev–Trinajstić information content (AvgIpc) is 0.811. The SMILES string of the molecule is [2H]c1c([2H])c([2H])c(-c2cnc(-n3c4ccccc4c4ccc(Oc5cccc(-n6[c-][n+](-c7c(C(C)(C)C)cc(C(C)(C)C)cc7[Si](c7c([2H])c([2H])c([2H])c([2H])c7[2H])(c7c([2H])c([2H])c([2H])c([2H])c7[2H])c7c([2H])c([2H])c([2H])c([2H])c7[2H])c7ccc(-c8ccc(C(C)(C)C)cc8)cc76)c5)cc43)cc2C([2H])([2H])[2H])c([2H])c1[2H]. The molecule has 5 nitrogen and oxygen atoms in total. The van der Waals surface area contributed by atoms with Gasteiger partial charge in [0.2, 0.25) is 0 Å². The van der Waals surface area contributed by atoms with Gasteiger partial charge >= 0.3 is 0 Å². The maximum Gasteiger partial charge on any atom is 0.269 e. The number of nitrogens with zero attached hydrogens (tertiary/aromatic N) is 4. The molecule has 0 atom stereocenters. The summed E-state index contributed by atoms with van der Waals surface area (Å²) < 4.78 is 225. The summed E-state index contributed by atoms with van der Waals surface area (Å²) in [5, 5.41) is -0.519. The molecule has 3 heterocycles. The van der Waals surface area contributed by atoms with Crippen LogP contribution in [-0.4, -0.2) is 22.2 Å². The number of benzene rings is 10. The van der Waals surface area contributed by atoms with Gasteiger partial charge in [-0.15, -0.1) is 0 Å². The van der Waals surface area contributed by atoms with Crippen molar-refractivity contribution >= 4 is 61.7 Å². The summed E-state index contributed by atoms with van der Waals surface area (Å²) in [6.07, 6.45) is 4.87. The van der Waals surface area contributed by atoms with Crippen LogP contribution in [0.4, 0.5) is 0 Å². The number of aromatic nitrogens is 4. The van der Waals surface area contributed by atoms with Crippen molar-refractivity contribution in [1.82, 2.24) is 14.1 Å². The Hall–Kier alpha value is -9.36. The van der Waals surface area contributed by atoms with Crippen molar-refractivity contribution in [3.05, 3.63) is 283 Å². The standard InChI is InChI=1S/C79H72N4OSi/c1-54-46-75(80-52-68(54)56-26-15-11-16-27-56)83-70-37-24-23-36-66(70)67-44-43-62(51-72(67)83)84-61-29-25-28-60(50-61)81-53-82(71-45-40-57(47-73(71)81)55-38-41-58(42-39-55)77(2,3)4)76-69(79(8,9)10)48-59(78(5,6)7)49-74(76)85(63-30-17-12-18-31-63,64-32-19-13-20-33-64)65-34-21-14-22-35-65/h11-52H,1-10H3/i1D3,11D,12D,13D,14D,15D,16D,17D,18D,19D,20D,21D,22D,26D,27D,30D,31D,32D,33D,34D,35D. The first kappa shape index (κ1) is 34.4. The number of para-hydroxylation sites is 1. The molecule has 0 aliphatic carbocycles. The Balaban J connectivity index is 1.12. The molecule has 0 aliphatic heterocycles. The second-order valence-electron chi connectivity index (χ2n) is 24.2. The van der Waals surface area contributed by atoms with E-state index in [1.165, 1.54) is 12.3 Å². The molecule has 0 N–H and O–H groups in total. The highest BCUT2D eigenvalue weighted by Gasteiger charge is 2.45. The topological polar surface area (TPSA) is 35.9 Å². The molecular weight excluding hydrogens is 1050 g/mol. The maximum atomic E-state index is 10.1. The molecule has 0 fully saturated rings. The quantitative estimate of drug-likeness (QED) is 0.0560. The van der Waals surface area contributed by atoms with Gasteiger partial charge in [0.1, 0.15) is 17.3 Å². The van der Waals surface area contributed by atoms with Gasteiger partial charge in [-0.3, -0.25) is 13.7 Å². The van der Waals surface area contributed by atoms with Crippen LogP contribution in [0.1, 0.15) is 116 Å². The Labute approximate surface area is 534 Å². The summed E-state index contributed by atoms with van der Waals surface area (Å²) in [7, 11) is -5.89. The Morgan fingerprint density at radius 3 is 1.73 bits per heavy atom. The van der Waals surface area contributed by atoms with E-state index < -0.39 is 162 Å². The highest BCUT2D eigenvalue weighted by molar-refractivity contribution is 7.20. The van der Waals surface area contributed by atoms with E-state index in [0.717, 1.165) is 27.5 Å². The molecule has 0 saturated heterocycles. The molecule has 0 saturated carbocycles. The molecule has 0 aliphatic rings. The summed E-state index contributed by atoms with van der Waals surface area (Å²) in [6, 6.07) is 22.1. The number of hydrogen-bond acceptors (Lipinski definition) is 2. The van der Waals surface area contributed by atoms with E-state index in [2.05, 4.69) is 39.2 Å². The highest BCUT2D eigenvalue weighted by atomic mass is 28.3. The van der Waals surface area contributed by atoms with E-state index in [1.54, 1.807) is 56.2 Å². The van der Waals surface area contributed by atoms with E-state index in [4.69, 9.17) is 24.8 Å². The van der Waals surface area contributed by atoms with Gasteiger partial charge in [0.25, 0.3) is 6.33 Å². The smallest absolute Gasteiger partial charge is 0.269 e. The minimum atomic E-state index is -5.89. The molecular formula is C79H72N4OSi. The van der Waals surface area contributed by atoms with Crippen molar-refractivity contribution in [3.8, 4) is 50.9 Å². The molecule has 6 heteroatoms. The highest BCUT2D eigenvalue weighted by Crippen LogP contribution is 2.39. The fourth-order valence-electron chi connectivity index (χ4n) is 11.3. The lowest BCUT2D eigenvalue weighted by molar-refractivity contribution is -0.572. The second-order valence-corrected chi connectivity index (χ2v) is 27.7. The van der Waals surface area contributed by atoms with Crippen LogP contribution < -0.4 is 30.1 Å². The third kappa shape index (κ3) is 9.98. The van der Waals surface area contributed by atoms with E-state index in [0.29, 0.717) is 44.6 Å². The van der Waals surface area contributed by atoms with E-state index in [1.807, 2.05) is 108 Å². The molecule has 418 valence electrons. The molecule has 13 rings (SSSR count). The summed E-state index contributed by atoms with van der Waals surface area (Å²) in [6.45, 7) is 14.9. The minimum absolute atomic E-state index is 0.0720. The van der Waals surface area contributed by atoms with Gasteiger partial charge in [-0.1, -0.05) is 256 Å². The van der Waals surface area contributed by atoms with Crippen LogP contribution in [0.2, 0.25) is 0 Å². The zero-order chi connectivity index (χ0) is 78.7. The Morgan fingerprint density at radius 2 is 1.11 bits per heavy atom. The number of hydrogen-bond donors (Lipinski definition) is 0. The molecule has 3 aromatic heterocycles. The summed E-state index contributed by atoms with van der Waals surface area (Å²) in [4.78, 5) is 4.75. The van der Waals surface area contributed by atoms with Crippen LogP contribution in [0, 0.1) is 13.2 Å². The lowest BCUT2D eigenvalue weighted by Crippen LogP contribution is -2.76. The largest absolute Gasteiger partial charge is 0.458 e. The van der Waals surface area contributed by atoms with E-state index >= 15 is 0 Å². The van der Waals surface area contributed by atoms with Crippen molar-refractivity contribution in [1.29, 1.82) is 0 Å². The van der Waals surface area contributed by atoms with Gasteiger partial charge in [-0.05, 0) is 131 Å². The molecule has 13 aromatic rings. The van der Waals surface area contributed by atoms with Crippen LogP contribution in [0.25, 0.3) is 72.3 Å². The zero-order valence-electron chi connectivity index (χ0n) is 71.4. The van der Waals surface area contributed by atoms with Crippen molar-refractivity contribution in [2.24, 2.45) is 0 Å². The van der Waals surface area contributed by atoms with Gasteiger partial charge in [-0.2, -0.15) is 0 Å². The first-order valence-electron chi connectivity index (χ1n) is 39.4. The first-order chi connectivity index (χ1) is 50.4. The molecule has 10 aromatic carbocycles. The van der Waals surface area contributed by atoms with Crippen molar-refractivity contribution < 1.29 is 40.8 Å². The lowest BCUT2D eigenvalue weighted by Gasteiger charge is -2.39. The first-order valence-corrected chi connectivity index (χ1v) is 29.9. The number of pyridine rings is 1. The van der Waals surface area contributed by atoms with Crippen LogP contribution in [0.15, 0.2) is 254 Å². The van der Waals surface area contributed by atoms with Crippen molar-refractivity contribution in [3.63, 3.8) is 0 Å². The summed E-state index contributed by atoms with van der Waals surface area (Å²) in [5.41, 5.74) is 3.33. The molecule has 85 heavy (non-hydrogen) atoms. The minimum Gasteiger partial charge on any atom is -0.458 e. The fraction of sp³-hybridized carbons (Fsp3) is 0.165. The molecule has 0 unspecified atom stereocenters. The fourth-order valence-corrected chi connectivity index (χ4v) is 15.3. The predicted molar refractivity (Wildman–Crippen MR) is 358 cm³/mol. The number of aryl methyl sites for hydroxylation is 1. The van der Waals surface area contributed by atoms with Crippen molar-refractivity contribution in [2.45, 2.75) is 85.4 Å². The van der Waals surface area contributed by atoms with Gasteiger partial charge in [0.05, 0.1) is 60.9 Å². The Morgan fingerprint density at radius 1 is 0.506 bits per heavy atom. The van der Waals surface area contributed by atoms with Gasteiger partial charge in [0, 0.05) is 32.7 Å². The van der Waals surface area contributed by atoms with E-state index in [9.17, 15) is 16.4 Å². The number of imidazole rings is 1. The average molecular weight is 1140 g/mol. The van der Waals surface area contributed by atoms with Crippen LogP contribution in [0.3, 0.4) is 0 Å². The Kier molecular flexibility index (Phi) is 8.65. The third-order valence-electron chi connectivity index (χ3n) is 15.6. The summed E-state index contributed by atoms with van der Waals surface area (Å²) in [5.74, 6) is 0.730. The lowest BCUT2D eigenvalue weighted by atomic mass is 9.79. The second kappa shape index (κ2) is 21.4.